The van der Waals surface area contributed by atoms with Gasteiger partial charge in [-0.25, -0.2) is 4.98 Å². The van der Waals surface area contributed by atoms with Crippen molar-refractivity contribution in [3.05, 3.63) is 66.2 Å². The van der Waals surface area contributed by atoms with Crippen LogP contribution in [-0.2, 0) is 0 Å². The SMILES string of the molecule is CC1CCN(c2nn3c(NC(=O)c4ccccc4)c(-c4ccccc4)nc3s2)CC1. The summed E-state index contributed by atoms with van der Waals surface area (Å²) in [6, 6.07) is 19.1. The lowest BCUT2D eigenvalue weighted by molar-refractivity contribution is 0.102. The zero-order chi connectivity index (χ0) is 20.5. The number of benzene rings is 2. The maximum atomic E-state index is 12.9. The number of aromatic nitrogens is 3. The van der Waals surface area contributed by atoms with E-state index in [2.05, 4.69) is 17.1 Å². The molecular formula is C23H23N5OS. The van der Waals surface area contributed by atoms with Crippen molar-refractivity contribution < 1.29 is 4.79 Å². The normalized spacial score (nSPS) is 14.9. The number of hydrogen-bond acceptors (Lipinski definition) is 5. The minimum Gasteiger partial charge on any atom is -0.347 e. The first kappa shape index (κ1) is 18.8. The fourth-order valence-corrected chi connectivity index (χ4v) is 4.70. The third-order valence-corrected chi connectivity index (χ3v) is 6.53. The van der Waals surface area contributed by atoms with Gasteiger partial charge in [0.2, 0.25) is 10.1 Å². The summed E-state index contributed by atoms with van der Waals surface area (Å²) in [5.74, 6) is 1.20. The first-order valence-electron chi connectivity index (χ1n) is 10.3. The molecule has 0 aliphatic carbocycles. The van der Waals surface area contributed by atoms with Crippen LogP contribution in [-0.4, -0.2) is 33.6 Å². The van der Waals surface area contributed by atoms with E-state index in [9.17, 15) is 4.79 Å². The van der Waals surface area contributed by atoms with Gasteiger partial charge in [0.25, 0.3) is 5.91 Å². The Labute approximate surface area is 179 Å². The van der Waals surface area contributed by atoms with Crippen LogP contribution in [0.15, 0.2) is 60.7 Å². The van der Waals surface area contributed by atoms with Crippen LogP contribution in [0.5, 0.6) is 0 Å². The maximum absolute atomic E-state index is 12.9. The highest BCUT2D eigenvalue weighted by Gasteiger charge is 2.24. The summed E-state index contributed by atoms with van der Waals surface area (Å²) in [7, 11) is 0. The zero-order valence-corrected chi connectivity index (χ0v) is 17.6. The van der Waals surface area contributed by atoms with Crippen LogP contribution in [0.1, 0.15) is 30.1 Å². The Kier molecular flexibility index (Phi) is 4.96. The molecule has 0 saturated carbocycles. The van der Waals surface area contributed by atoms with Crippen molar-refractivity contribution in [2.24, 2.45) is 5.92 Å². The van der Waals surface area contributed by atoms with Crippen LogP contribution in [0, 0.1) is 5.92 Å². The molecule has 1 aliphatic heterocycles. The zero-order valence-electron chi connectivity index (χ0n) is 16.8. The number of nitrogens with zero attached hydrogens (tertiary/aromatic N) is 4. The molecular weight excluding hydrogens is 394 g/mol. The van der Waals surface area contributed by atoms with Gasteiger partial charge < -0.3 is 10.2 Å². The number of imidazole rings is 1. The molecule has 3 heterocycles. The molecule has 0 bridgehead atoms. The fraction of sp³-hybridized carbons (Fsp3) is 0.261. The van der Waals surface area contributed by atoms with Gasteiger partial charge in [-0.3, -0.25) is 4.79 Å². The van der Waals surface area contributed by atoms with E-state index in [0.29, 0.717) is 11.4 Å². The summed E-state index contributed by atoms with van der Waals surface area (Å²) >= 11 is 1.57. The number of rotatable bonds is 4. The van der Waals surface area contributed by atoms with Crippen molar-refractivity contribution in [2.75, 3.05) is 23.3 Å². The second-order valence-corrected chi connectivity index (χ2v) is 8.68. The van der Waals surface area contributed by atoms with E-state index >= 15 is 0 Å². The van der Waals surface area contributed by atoms with Crippen molar-refractivity contribution in [1.29, 1.82) is 0 Å². The molecule has 7 heteroatoms. The minimum absolute atomic E-state index is 0.170. The molecule has 1 aliphatic rings. The number of nitrogens with one attached hydrogen (secondary N) is 1. The van der Waals surface area contributed by atoms with Gasteiger partial charge >= 0.3 is 0 Å². The Hall–Kier alpha value is -3.19. The van der Waals surface area contributed by atoms with Gasteiger partial charge in [0, 0.05) is 24.2 Å². The molecule has 152 valence electrons. The molecule has 4 aromatic rings. The number of carbonyl (C=O) groups excluding carboxylic acids is 1. The fourth-order valence-electron chi connectivity index (χ4n) is 3.74. The van der Waals surface area contributed by atoms with Crippen LogP contribution < -0.4 is 10.2 Å². The van der Waals surface area contributed by atoms with E-state index in [1.807, 2.05) is 48.5 Å². The molecule has 0 unspecified atom stereocenters. The Morgan fingerprint density at radius 2 is 1.70 bits per heavy atom. The maximum Gasteiger partial charge on any atom is 0.256 e. The molecule has 30 heavy (non-hydrogen) atoms. The van der Waals surface area contributed by atoms with Crippen LogP contribution >= 0.6 is 11.3 Å². The number of hydrogen-bond donors (Lipinski definition) is 1. The topological polar surface area (TPSA) is 62.5 Å². The highest BCUT2D eigenvalue weighted by atomic mass is 32.1. The molecule has 5 rings (SSSR count). The van der Waals surface area contributed by atoms with Crippen LogP contribution in [0.25, 0.3) is 16.2 Å². The van der Waals surface area contributed by atoms with E-state index in [1.165, 1.54) is 12.8 Å². The molecule has 1 amide bonds. The second kappa shape index (κ2) is 7.91. The van der Waals surface area contributed by atoms with E-state index in [0.717, 1.165) is 40.4 Å². The van der Waals surface area contributed by atoms with Crippen LogP contribution in [0.4, 0.5) is 10.9 Å². The third-order valence-electron chi connectivity index (χ3n) is 5.56. The van der Waals surface area contributed by atoms with Gasteiger partial charge in [-0.2, -0.15) is 4.52 Å². The highest BCUT2D eigenvalue weighted by molar-refractivity contribution is 7.20. The van der Waals surface area contributed by atoms with E-state index in [1.54, 1.807) is 28.0 Å². The third kappa shape index (κ3) is 3.57. The number of piperidine rings is 1. The van der Waals surface area contributed by atoms with Crippen molar-refractivity contribution >= 4 is 33.2 Å². The van der Waals surface area contributed by atoms with E-state index < -0.39 is 0 Å². The molecule has 0 spiro atoms. The molecule has 2 aromatic carbocycles. The first-order chi connectivity index (χ1) is 14.7. The largest absolute Gasteiger partial charge is 0.347 e. The summed E-state index contributed by atoms with van der Waals surface area (Å²) in [5.41, 5.74) is 2.29. The second-order valence-electron chi connectivity index (χ2n) is 7.74. The molecule has 2 aromatic heterocycles. The molecule has 6 nitrogen and oxygen atoms in total. The lowest BCUT2D eigenvalue weighted by Gasteiger charge is -2.29. The minimum atomic E-state index is -0.170. The van der Waals surface area contributed by atoms with Crippen LogP contribution in [0.2, 0.25) is 0 Å². The molecule has 0 radical (unpaired) electrons. The molecule has 0 atom stereocenters. The van der Waals surface area contributed by atoms with Gasteiger partial charge in [0.05, 0.1) is 0 Å². The number of carbonyl (C=O) groups is 1. The summed E-state index contributed by atoms with van der Waals surface area (Å²) in [4.78, 5) is 20.8. The number of amides is 1. The number of fused-ring (bicyclic) bond motifs is 1. The smallest absolute Gasteiger partial charge is 0.256 e. The predicted octanol–water partition coefficient (Wildman–Crippen LogP) is 4.95. The van der Waals surface area contributed by atoms with E-state index in [-0.39, 0.29) is 5.91 Å². The Balaban J connectivity index is 1.55. The molecule has 1 fully saturated rings. The lowest BCUT2D eigenvalue weighted by atomic mass is 10.00. The first-order valence-corrected chi connectivity index (χ1v) is 11.1. The van der Waals surface area contributed by atoms with Crippen molar-refractivity contribution in [2.45, 2.75) is 19.8 Å². The quantitative estimate of drug-likeness (QED) is 0.511. The van der Waals surface area contributed by atoms with Gasteiger partial charge in [0.15, 0.2) is 5.82 Å². The van der Waals surface area contributed by atoms with Crippen LogP contribution in [0.3, 0.4) is 0 Å². The van der Waals surface area contributed by atoms with Crippen molar-refractivity contribution in [3.8, 4) is 11.3 Å². The summed E-state index contributed by atoms with van der Waals surface area (Å²) in [6.07, 6.45) is 2.35. The van der Waals surface area contributed by atoms with Crippen molar-refractivity contribution in [3.63, 3.8) is 0 Å². The average Bonchev–Trinajstić information content (AvgIpc) is 3.35. The van der Waals surface area contributed by atoms with Gasteiger partial charge in [-0.1, -0.05) is 66.8 Å². The Morgan fingerprint density at radius 1 is 1.03 bits per heavy atom. The molecule has 1 N–H and O–H groups in total. The summed E-state index contributed by atoms with van der Waals surface area (Å²) in [6.45, 7) is 4.32. The standard InChI is InChI=1S/C23H23N5OS/c1-16-12-14-27(15-13-16)23-26-28-20(25-21(29)18-10-6-3-7-11-18)19(24-22(28)30-23)17-8-4-2-5-9-17/h2-11,16H,12-15H2,1H3,(H,25,29). The van der Waals surface area contributed by atoms with Gasteiger partial charge in [-0.05, 0) is 30.9 Å². The Bertz CT molecular complexity index is 1160. The lowest BCUT2D eigenvalue weighted by Crippen LogP contribution is -2.32. The highest BCUT2D eigenvalue weighted by Crippen LogP contribution is 2.34. The summed E-state index contributed by atoms with van der Waals surface area (Å²) in [5, 5.41) is 8.85. The average molecular weight is 418 g/mol. The van der Waals surface area contributed by atoms with Gasteiger partial charge in [0.1, 0.15) is 5.69 Å². The summed E-state index contributed by atoms with van der Waals surface area (Å²) < 4.78 is 1.78. The van der Waals surface area contributed by atoms with Gasteiger partial charge in [-0.15, -0.1) is 5.10 Å². The molecule has 1 saturated heterocycles. The van der Waals surface area contributed by atoms with Crippen molar-refractivity contribution in [1.82, 2.24) is 14.6 Å². The predicted molar refractivity (Wildman–Crippen MR) is 121 cm³/mol. The Morgan fingerprint density at radius 3 is 2.40 bits per heavy atom. The monoisotopic (exact) mass is 417 g/mol. The number of anilines is 2. The van der Waals surface area contributed by atoms with E-state index in [4.69, 9.17) is 10.1 Å².